The van der Waals surface area contributed by atoms with Crippen LogP contribution in [0.2, 0.25) is 5.02 Å². The van der Waals surface area contributed by atoms with Crippen molar-refractivity contribution in [2.24, 2.45) is 0 Å². The lowest BCUT2D eigenvalue weighted by Crippen LogP contribution is -2.26. The molecule has 0 N–H and O–H groups in total. The second kappa shape index (κ2) is 8.42. The van der Waals surface area contributed by atoms with Crippen LogP contribution in [0, 0.1) is 6.92 Å². The fraction of sp³-hybridized carbons (Fsp3) is 0.333. The lowest BCUT2D eigenvalue weighted by Gasteiger charge is -2.15. The highest BCUT2D eigenvalue weighted by Gasteiger charge is 2.13. The number of amides is 1. The molecule has 26 heavy (non-hydrogen) atoms. The van der Waals surface area contributed by atoms with Gasteiger partial charge in [-0.2, -0.15) is 4.98 Å². The van der Waals surface area contributed by atoms with Crippen molar-refractivity contribution in [3.63, 3.8) is 0 Å². The first-order valence-corrected chi connectivity index (χ1v) is 9.50. The molecule has 0 atom stereocenters. The zero-order valence-corrected chi connectivity index (χ0v) is 16.2. The Balaban J connectivity index is 1.47. The van der Waals surface area contributed by atoms with E-state index >= 15 is 0 Å². The molecule has 0 spiro atoms. The first kappa shape index (κ1) is 18.5. The lowest BCUT2D eigenvalue weighted by atomic mass is 10.2. The molecule has 3 aromatic rings. The number of thiazole rings is 1. The minimum absolute atomic E-state index is 0.0769. The monoisotopic (exact) mass is 390 g/mol. The molecule has 0 fully saturated rings. The lowest BCUT2D eigenvalue weighted by molar-refractivity contribution is -0.130. The van der Waals surface area contributed by atoms with Crippen LogP contribution in [0.3, 0.4) is 0 Å². The van der Waals surface area contributed by atoms with E-state index in [9.17, 15) is 4.79 Å². The Bertz CT molecular complexity index is 875. The molecule has 0 radical (unpaired) electrons. The molecule has 2 heterocycles. The smallest absolute Gasteiger partial charge is 0.226 e. The minimum Gasteiger partial charge on any atom is -0.340 e. The van der Waals surface area contributed by atoms with Crippen molar-refractivity contribution in [3.05, 3.63) is 51.3 Å². The van der Waals surface area contributed by atoms with E-state index in [0.29, 0.717) is 42.5 Å². The summed E-state index contributed by atoms with van der Waals surface area (Å²) in [6.45, 7) is 2.49. The number of rotatable bonds is 7. The van der Waals surface area contributed by atoms with Crippen LogP contribution in [0.5, 0.6) is 0 Å². The largest absolute Gasteiger partial charge is 0.340 e. The second-order valence-corrected chi connectivity index (χ2v) is 7.48. The van der Waals surface area contributed by atoms with E-state index in [2.05, 4.69) is 15.1 Å². The van der Waals surface area contributed by atoms with E-state index in [1.165, 1.54) is 0 Å². The standard InChI is InChI=1S/C18H19ClN4O2S/c1-12-20-15(11-26-12)10-23(2)17(24)5-3-4-16-21-18(22-25-16)13-6-8-14(19)9-7-13/h6-9,11H,3-5,10H2,1-2H3. The first-order chi connectivity index (χ1) is 12.5. The van der Waals surface area contributed by atoms with E-state index in [1.54, 1.807) is 35.4 Å². The fourth-order valence-electron chi connectivity index (χ4n) is 2.47. The van der Waals surface area contributed by atoms with Crippen LogP contribution in [0.25, 0.3) is 11.4 Å². The van der Waals surface area contributed by atoms with Gasteiger partial charge in [0, 0.05) is 35.9 Å². The summed E-state index contributed by atoms with van der Waals surface area (Å²) >= 11 is 7.47. The molecule has 2 aromatic heterocycles. The van der Waals surface area contributed by atoms with Crippen molar-refractivity contribution >= 4 is 28.8 Å². The molecule has 0 aliphatic rings. The Kier molecular flexibility index (Phi) is 6.00. The van der Waals surface area contributed by atoms with Crippen LogP contribution in [-0.2, 0) is 17.8 Å². The van der Waals surface area contributed by atoms with Gasteiger partial charge in [0.25, 0.3) is 0 Å². The molecule has 0 aliphatic carbocycles. The topological polar surface area (TPSA) is 72.1 Å². The summed E-state index contributed by atoms with van der Waals surface area (Å²) in [5.74, 6) is 1.13. The van der Waals surface area contributed by atoms with Gasteiger partial charge in [-0.05, 0) is 37.6 Å². The zero-order chi connectivity index (χ0) is 18.5. The molecule has 0 aliphatic heterocycles. The van der Waals surface area contributed by atoms with Gasteiger partial charge >= 0.3 is 0 Å². The number of aryl methyl sites for hydroxylation is 2. The number of carbonyl (C=O) groups excluding carboxylic acids is 1. The van der Waals surface area contributed by atoms with Crippen LogP contribution in [0.1, 0.15) is 29.4 Å². The van der Waals surface area contributed by atoms with Crippen LogP contribution in [0.15, 0.2) is 34.2 Å². The number of aromatic nitrogens is 3. The van der Waals surface area contributed by atoms with E-state index < -0.39 is 0 Å². The molecule has 1 aromatic carbocycles. The SMILES string of the molecule is Cc1nc(CN(C)C(=O)CCCc2nc(-c3ccc(Cl)cc3)no2)cs1. The third-order valence-electron chi connectivity index (χ3n) is 3.84. The Morgan fingerprint density at radius 3 is 2.73 bits per heavy atom. The van der Waals surface area contributed by atoms with Crippen molar-refractivity contribution in [1.82, 2.24) is 20.0 Å². The molecular formula is C18H19ClN4O2S. The molecule has 0 saturated heterocycles. The van der Waals surface area contributed by atoms with Gasteiger partial charge in [0.2, 0.25) is 17.6 Å². The molecule has 3 rings (SSSR count). The maximum absolute atomic E-state index is 12.2. The highest BCUT2D eigenvalue weighted by molar-refractivity contribution is 7.09. The predicted molar refractivity (Wildman–Crippen MR) is 101 cm³/mol. The Labute approximate surface area is 160 Å². The molecule has 0 saturated carbocycles. The van der Waals surface area contributed by atoms with E-state index in [0.717, 1.165) is 16.3 Å². The summed E-state index contributed by atoms with van der Waals surface area (Å²) in [5.41, 5.74) is 1.77. The number of benzene rings is 1. The van der Waals surface area contributed by atoms with Gasteiger partial charge in [-0.1, -0.05) is 16.8 Å². The Hall–Kier alpha value is -2.25. The van der Waals surface area contributed by atoms with Gasteiger partial charge in [-0.25, -0.2) is 4.98 Å². The average Bonchev–Trinajstić information content (AvgIpc) is 3.24. The second-order valence-electron chi connectivity index (χ2n) is 5.98. The van der Waals surface area contributed by atoms with Crippen LogP contribution in [0.4, 0.5) is 0 Å². The fourth-order valence-corrected chi connectivity index (χ4v) is 3.20. The van der Waals surface area contributed by atoms with Crippen molar-refractivity contribution in [3.8, 4) is 11.4 Å². The summed E-state index contributed by atoms with van der Waals surface area (Å²) in [6, 6.07) is 7.25. The van der Waals surface area contributed by atoms with Crippen molar-refractivity contribution < 1.29 is 9.32 Å². The molecule has 0 unspecified atom stereocenters. The summed E-state index contributed by atoms with van der Waals surface area (Å²) in [7, 11) is 1.79. The summed E-state index contributed by atoms with van der Waals surface area (Å²) in [5, 5.41) is 7.63. The van der Waals surface area contributed by atoms with Gasteiger partial charge in [0.05, 0.1) is 17.2 Å². The number of carbonyl (C=O) groups is 1. The Morgan fingerprint density at radius 1 is 1.27 bits per heavy atom. The zero-order valence-electron chi connectivity index (χ0n) is 14.6. The summed E-state index contributed by atoms with van der Waals surface area (Å²) < 4.78 is 5.26. The minimum atomic E-state index is 0.0769. The van der Waals surface area contributed by atoms with Gasteiger partial charge in [0.1, 0.15) is 0 Å². The summed E-state index contributed by atoms with van der Waals surface area (Å²) in [6.07, 6.45) is 1.65. The van der Waals surface area contributed by atoms with Gasteiger partial charge in [-0.3, -0.25) is 4.79 Å². The van der Waals surface area contributed by atoms with E-state index in [1.807, 2.05) is 24.4 Å². The average molecular weight is 391 g/mol. The van der Waals surface area contributed by atoms with Crippen LogP contribution < -0.4 is 0 Å². The van der Waals surface area contributed by atoms with Gasteiger partial charge < -0.3 is 9.42 Å². The normalized spacial score (nSPS) is 10.9. The number of halogens is 1. The highest BCUT2D eigenvalue weighted by Crippen LogP contribution is 2.19. The number of hydrogen-bond donors (Lipinski definition) is 0. The maximum Gasteiger partial charge on any atom is 0.226 e. The molecule has 0 bridgehead atoms. The van der Waals surface area contributed by atoms with Gasteiger partial charge in [0.15, 0.2) is 0 Å². The third kappa shape index (κ3) is 4.89. The maximum atomic E-state index is 12.2. The van der Waals surface area contributed by atoms with Gasteiger partial charge in [-0.15, -0.1) is 11.3 Å². The number of nitrogens with zero attached hydrogens (tertiary/aromatic N) is 4. The molecule has 8 heteroatoms. The van der Waals surface area contributed by atoms with E-state index in [-0.39, 0.29) is 5.91 Å². The van der Waals surface area contributed by atoms with E-state index in [4.69, 9.17) is 16.1 Å². The molecule has 1 amide bonds. The predicted octanol–water partition coefficient (Wildman–Crippen LogP) is 4.14. The van der Waals surface area contributed by atoms with Crippen molar-refractivity contribution in [1.29, 1.82) is 0 Å². The number of hydrogen-bond acceptors (Lipinski definition) is 6. The quantitative estimate of drug-likeness (QED) is 0.606. The van der Waals surface area contributed by atoms with Crippen molar-refractivity contribution in [2.75, 3.05) is 7.05 Å². The van der Waals surface area contributed by atoms with Crippen LogP contribution in [-0.4, -0.2) is 33.0 Å². The van der Waals surface area contributed by atoms with Crippen molar-refractivity contribution in [2.45, 2.75) is 32.7 Å². The first-order valence-electron chi connectivity index (χ1n) is 8.25. The Morgan fingerprint density at radius 2 is 2.04 bits per heavy atom. The third-order valence-corrected chi connectivity index (χ3v) is 4.92. The highest BCUT2D eigenvalue weighted by atomic mass is 35.5. The molecule has 6 nitrogen and oxygen atoms in total. The summed E-state index contributed by atoms with van der Waals surface area (Å²) in [4.78, 5) is 22.7. The van der Waals surface area contributed by atoms with Crippen LogP contribution >= 0.6 is 22.9 Å². The molecular weight excluding hydrogens is 372 g/mol. The molecule has 136 valence electrons.